The molecule has 76 valence electrons. The lowest BCUT2D eigenvalue weighted by Crippen LogP contribution is -2.02. The number of fused-ring (bicyclic) bond motifs is 1. The third-order valence-corrected chi connectivity index (χ3v) is 4.36. The molecule has 0 fully saturated rings. The first kappa shape index (κ1) is 10.1. The van der Waals surface area contributed by atoms with Crippen molar-refractivity contribution in [2.24, 2.45) is 5.92 Å². The van der Waals surface area contributed by atoms with Crippen LogP contribution in [0.5, 0.6) is 0 Å². The predicted molar refractivity (Wildman–Crippen MR) is 64.1 cm³/mol. The summed E-state index contributed by atoms with van der Waals surface area (Å²) in [5, 5.41) is 0. The second-order valence-electron chi connectivity index (χ2n) is 4.50. The van der Waals surface area contributed by atoms with E-state index in [2.05, 4.69) is 39.0 Å². The maximum atomic E-state index is 2.42. The van der Waals surface area contributed by atoms with Gasteiger partial charge in [-0.1, -0.05) is 32.9 Å². The van der Waals surface area contributed by atoms with Crippen LogP contribution < -0.4 is 0 Å². The molecule has 1 aromatic rings. The van der Waals surface area contributed by atoms with E-state index in [1.54, 1.807) is 5.56 Å². The molecule has 2 rings (SSSR count). The predicted octanol–water partition coefficient (Wildman–Crippen LogP) is 4.09. The van der Waals surface area contributed by atoms with Gasteiger partial charge in [-0.25, -0.2) is 0 Å². The van der Waals surface area contributed by atoms with Crippen molar-refractivity contribution in [2.45, 2.75) is 38.0 Å². The van der Waals surface area contributed by atoms with Gasteiger partial charge in [0.15, 0.2) is 0 Å². The normalized spacial score (nSPS) is 17.1. The van der Waals surface area contributed by atoms with Gasteiger partial charge in [-0.2, -0.15) is 0 Å². The third kappa shape index (κ3) is 1.83. The smallest absolute Gasteiger partial charge is 0.0105 e. The monoisotopic (exact) mass is 206 g/mol. The number of aryl methyl sites for hydroxylation is 1. The zero-order valence-electron chi connectivity index (χ0n) is 9.21. The summed E-state index contributed by atoms with van der Waals surface area (Å²) in [6.07, 6.45) is 1.26. The molecule has 0 aliphatic carbocycles. The third-order valence-electron chi connectivity index (χ3n) is 3.24. The number of benzene rings is 1. The van der Waals surface area contributed by atoms with Gasteiger partial charge in [0.25, 0.3) is 0 Å². The van der Waals surface area contributed by atoms with Crippen molar-refractivity contribution < 1.29 is 0 Å². The van der Waals surface area contributed by atoms with Crippen LogP contribution in [0.2, 0.25) is 0 Å². The first-order chi connectivity index (χ1) is 6.68. The highest BCUT2D eigenvalue weighted by molar-refractivity contribution is 7.99. The Hall–Kier alpha value is -0.430. The Balaban J connectivity index is 2.28. The zero-order valence-corrected chi connectivity index (χ0v) is 10.0. The van der Waals surface area contributed by atoms with E-state index >= 15 is 0 Å². The van der Waals surface area contributed by atoms with Crippen molar-refractivity contribution in [3.05, 3.63) is 29.3 Å². The molecule has 0 N–H and O–H groups in total. The SMILES string of the molecule is CC(C)C(C)c1ccc2c(c1)CCS2. The van der Waals surface area contributed by atoms with Crippen LogP contribution in [0, 0.1) is 5.92 Å². The van der Waals surface area contributed by atoms with Gasteiger partial charge in [0.05, 0.1) is 0 Å². The van der Waals surface area contributed by atoms with Crippen molar-refractivity contribution in [1.82, 2.24) is 0 Å². The van der Waals surface area contributed by atoms with E-state index in [1.165, 1.54) is 22.6 Å². The van der Waals surface area contributed by atoms with Gasteiger partial charge in [-0.15, -0.1) is 11.8 Å². The van der Waals surface area contributed by atoms with E-state index in [1.807, 2.05) is 11.8 Å². The highest BCUT2D eigenvalue weighted by Crippen LogP contribution is 2.34. The van der Waals surface area contributed by atoms with E-state index in [0.717, 1.165) is 5.92 Å². The molecule has 0 amide bonds. The van der Waals surface area contributed by atoms with Gasteiger partial charge in [0, 0.05) is 10.6 Å². The Bertz CT molecular complexity index is 328. The van der Waals surface area contributed by atoms with Crippen LogP contribution in [0.4, 0.5) is 0 Å². The fraction of sp³-hybridized carbons (Fsp3) is 0.538. The zero-order chi connectivity index (χ0) is 10.1. The molecule has 1 aromatic carbocycles. The first-order valence-electron chi connectivity index (χ1n) is 5.44. The fourth-order valence-electron chi connectivity index (χ4n) is 1.87. The molecule has 0 saturated carbocycles. The van der Waals surface area contributed by atoms with E-state index in [9.17, 15) is 0 Å². The maximum absolute atomic E-state index is 2.42. The Labute approximate surface area is 91.1 Å². The topological polar surface area (TPSA) is 0 Å². The average Bonchev–Trinajstić information content (AvgIpc) is 2.62. The molecule has 0 spiro atoms. The molecule has 0 bridgehead atoms. The molecule has 1 aliphatic heterocycles. The summed E-state index contributed by atoms with van der Waals surface area (Å²) >= 11 is 2.00. The summed E-state index contributed by atoms with van der Waals surface area (Å²) in [7, 11) is 0. The Morgan fingerprint density at radius 2 is 2.00 bits per heavy atom. The van der Waals surface area contributed by atoms with E-state index < -0.39 is 0 Å². The Morgan fingerprint density at radius 3 is 2.71 bits per heavy atom. The van der Waals surface area contributed by atoms with Gasteiger partial charge >= 0.3 is 0 Å². The molecule has 0 saturated heterocycles. The van der Waals surface area contributed by atoms with Gasteiger partial charge in [-0.05, 0) is 35.4 Å². The number of rotatable bonds is 2. The first-order valence-corrected chi connectivity index (χ1v) is 6.42. The maximum Gasteiger partial charge on any atom is 0.0105 e. The summed E-state index contributed by atoms with van der Waals surface area (Å²) in [6.45, 7) is 6.92. The second-order valence-corrected chi connectivity index (χ2v) is 5.64. The van der Waals surface area contributed by atoms with Crippen molar-refractivity contribution in [1.29, 1.82) is 0 Å². The highest BCUT2D eigenvalue weighted by Gasteiger charge is 2.15. The van der Waals surface area contributed by atoms with Gasteiger partial charge < -0.3 is 0 Å². The van der Waals surface area contributed by atoms with Gasteiger partial charge in [0.2, 0.25) is 0 Å². The highest BCUT2D eigenvalue weighted by atomic mass is 32.2. The van der Waals surface area contributed by atoms with Crippen molar-refractivity contribution >= 4 is 11.8 Å². The molecule has 0 radical (unpaired) electrons. The lowest BCUT2D eigenvalue weighted by molar-refractivity contribution is 0.534. The number of hydrogen-bond donors (Lipinski definition) is 0. The van der Waals surface area contributed by atoms with Crippen LogP contribution in [0.1, 0.15) is 37.8 Å². The summed E-state index contributed by atoms with van der Waals surface area (Å²) in [6, 6.07) is 7.03. The minimum Gasteiger partial charge on any atom is -0.126 e. The summed E-state index contributed by atoms with van der Waals surface area (Å²) in [4.78, 5) is 1.50. The molecule has 1 heterocycles. The quantitative estimate of drug-likeness (QED) is 0.702. The molecular formula is C13H18S. The summed E-state index contributed by atoms with van der Waals surface area (Å²) in [5.74, 6) is 2.70. The van der Waals surface area contributed by atoms with Crippen LogP contribution in [0.15, 0.2) is 23.1 Å². The van der Waals surface area contributed by atoms with Crippen molar-refractivity contribution in [3.8, 4) is 0 Å². The number of hydrogen-bond acceptors (Lipinski definition) is 1. The molecule has 14 heavy (non-hydrogen) atoms. The summed E-state index contributed by atoms with van der Waals surface area (Å²) < 4.78 is 0. The largest absolute Gasteiger partial charge is 0.126 e. The van der Waals surface area contributed by atoms with Gasteiger partial charge in [-0.3, -0.25) is 0 Å². The van der Waals surface area contributed by atoms with E-state index in [4.69, 9.17) is 0 Å². The van der Waals surface area contributed by atoms with Crippen LogP contribution in [0.25, 0.3) is 0 Å². The van der Waals surface area contributed by atoms with E-state index in [-0.39, 0.29) is 0 Å². The molecular weight excluding hydrogens is 188 g/mol. The van der Waals surface area contributed by atoms with Crippen LogP contribution in [-0.4, -0.2) is 5.75 Å². The lowest BCUT2D eigenvalue weighted by Gasteiger charge is -2.16. The molecule has 1 heteroatoms. The van der Waals surface area contributed by atoms with Gasteiger partial charge in [0.1, 0.15) is 0 Å². The van der Waals surface area contributed by atoms with E-state index in [0.29, 0.717) is 5.92 Å². The average molecular weight is 206 g/mol. The summed E-state index contributed by atoms with van der Waals surface area (Å²) in [5.41, 5.74) is 3.08. The minimum atomic E-state index is 0.686. The number of thioether (sulfide) groups is 1. The lowest BCUT2D eigenvalue weighted by atomic mass is 9.89. The van der Waals surface area contributed by atoms with Crippen LogP contribution in [0.3, 0.4) is 0 Å². The second kappa shape index (κ2) is 3.98. The Kier molecular flexibility index (Phi) is 2.87. The van der Waals surface area contributed by atoms with Crippen LogP contribution >= 0.6 is 11.8 Å². The molecule has 0 aromatic heterocycles. The standard InChI is InChI=1S/C13H18S/c1-9(2)10(3)11-4-5-13-12(8-11)6-7-14-13/h4-5,8-10H,6-7H2,1-3H3. The molecule has 1 aliphatic rings. The molecule has 0 nitrogen and oxygen atoms in total. The Morgan fingerprint density at radius 1 is 1.21 bits per heavy atom. The molecule has 1 unspecified atom stereocenters. The van der Waals surface area contributed by atoms with Crippen molar-refractivity contribution in [3.63, 3.8) is 0 Å². The van der Waals surface area contributed by atoms with Crippen LogP contribution in [-0.2, 0) is 6.42 Å². The fourth-order valence-corrected chi connectivity index (χ4v) is 2.93. The molecule has 1 atom stereocenters. The van der Waals surface area contributed by atoms with Crippen molar-refractivity contribution in [2.75, 3.05) is 5.75 Å². The minimum absolute atomic E-state index is 0.686.